The van der Waals surface area contributed by atoms with Gasteiger partial charge in [0.05, 0.1) is 29.3 Å². The van der Waals surface area contributed by atoms with Crippen molar-refractivity contribution in [1.82, 2.24) is 15.5 Å². The molecule has 0 aliphatic heterocycles. The van der Waals surface area contributed by atoms with Gasteiger partial charge in [-0.3, -0.25) is 9.89 Å². The zero-order valence-corrected chi connectivity index (χ0v) is 14.6. The second-order valence-electron chi connectivity index (χ2n) is 6.43. The number of rotatable bonds is 5. The zero-order valence-electron chi connectivity index (χ0n) is 14.6. The summed E-state index contributed by atoms with van der Waals surface area (Å²) in [5.41, 5.74) is 2.17. The van der Waals surface area contributed by atoms with Crippen LogP contribution in [0, 0.1) is 11.6 Å². The molecule has 0 spiro atoms. The highest BCUT2D eigenvalue weighted by Gasteiger charge is 2.26. The van der Waals surface area contributed by atoms with E-state index in [-0.39, 0.29) is 11.9 Å². The predicted octanol–water partition coefficient (Wildman–Crippen LogP) is 3.91. The number of ether oxygens (including phenoxy) is 1. The Hall–Kier alpha value is -3.22. The van der Waals surface area contributed by atoms with Crippen LogP contribution in [0.5, 0.6) is 5.75 Å². The van der Waals surface area contributed by atoms with Gasteiger partial charge in [-0.1, -0.05) is 12.1 Å². The standard InChI is InChI=1S/C20H17F2N3O2/c1-27-19-13(20(26)23-12-4-5-12)6-9-17-18(19)16(24-25-17)8-3-11-2-7-14(21)15(22)10-11/h2-3,6-10,12H,4-5H2,1H3,(H,23,26)(H,24,25)/b8-3+. The number of hydrogen-bond donors (Lipinski definition) is 2. The topological polar surface area (TPSA) is 67.0 Å². The fraction of sp³-hybridized carbons (Fsp3) is 0.200. The smallest absolute Gasteiger partial charge is 0.255 e. The van der Waals surface area contributed by atoms with E-state index in [4.69, 9.17) is 4.74 Å². The lowest BCUT2D eigenvalue weighted by Crippen LogP contribution is -2.25. The van der Waals surface area contributed by atoms with Gasteiger partial charge < -0.3 is 10.1 Å². The summed E-state index contributed by atoms with van der Waals surface area (Å²) < 4.78 is 31.9. The molecule has 138 valence electrons. The van der Waals surface area contributed by atoms with Crippen molar-refractivity contribution in [1.29, 1.82) is 0 Å². The van der Waals surface area contributed by atoms with E-state index in [1.54, 1.807) is 24.3 Å². The van der Waals surface area contributed by atoms with Crippen LogP contribution in [-0.4, -0.2) is 29.3 Å². The van der Waals surface area contributed by atoms with Crippen LogP contribution in [0.4, 0.5) is 8.78 Å². The minimum absolute atomic E-state index is 0.187. The number of halogens is 2. The molecule has 0 saturated heterocycles. The number of hydrogen-bond acceptors (Lipinski definition) is 3. The molecule has 2 N–H and O–H groups in total. The third-order valence-corrected chi connectivity index (χ3v) is 4.45. The molecule has 1 heterocycles. The first-order chi connectivity index (χ1) is 13.1. The van der Waals surface area contributed by atoms with Crippen molar-refractivity contribution < 1.29 is 18.3 Å². The van der Waals surface area contributed by atoms with Crippen LogP contribution in [0.25, 0.3) is 23.1 Å². The van der Waals surface area contributed by atoms with Crippen molar-refractivity contribution in [2.24, 2.45) is 0 Å². The number of methoxy groups -OCH3 is 1. The van der Waals surface area contributed by atoms with E-state index in [9.17, 15) is 13.6 Å². The van der Waals surface area contributed by atoms with Gasteiger partial charge in [-0.05, 0) is 48.7 Å². The molecule has 1 aliphatic rings. The van der Waals surface area contributed by atoms with E-state index in [1.165, 1.54) is 13.2 Å². The normalized spacial score (nSPS) is 14.0. The first kappa shape index (κ1) is 17.2. The Kier molecular flexibility index (Phi) is 4.35. The first-order valence-corrected chi connectivity index (χ1v) is 8.56. The van der Waals surface area contributed by atoms with Crippen LogP contribution in [-0.2, 0) is 0 Å². The van der Waals surface area contributed by atoms with Gasteiger partial charge in [-0.25, -0.2) is 8.78 Å². The maximum absolute atomic E-state index is 13.4. The molecule has 1 fully saturated rings. The summed E-state index contributed by atoms with van der Waals surface area (Å²) in [4.78, 5) is 12.5. The number of aromatic nitrogens is 2. The van der Waals surface area contributed by atoms with Gasteiger partial charge in [0, 0.05) is 6.04 Å². The number of fused-ring (bicyclic) bond motifs is 1. The largest absolute Gasteiger partial charge is 0.495 e. The number of benzene rings is 2. The molecule has 1 saturated carbocycles. The highest BCUT2D eigenvalue weighted by Crippen LogP contribution is 2.33. The number of amides is 1. The molecule has 7 heteroatoms. The minimum atomic E-state index is -0.916. The molecular weight excluding hydrogens is 352 g/mol. The Morgan fingerprint density at radius 2 is 2.04 bits per heavy atom. The number of aromatic amines is 1. The first-order valence-electron chi connectivity index (χ1n) is 8.56. The quantitative estimate of drug-likeness (QED) is 0.717. The second-order valence-corrected chi connectivity index (χ2v) is 6.43. The molecule has 1 aliphatic carbocycles. The fourth-order valence-electron chi connectivity index (χ4n) is 2.90. The van der Waals surface area contributed by atoms with Crippen molar-refractivity contribution >= 4 is 29.0 Å². The number of carbonyl (C=O) groups excluding carboxylic acids is 1. The molecule has 5 nitrogen and oxygen atoms in total. The molecule has 2 aromatic carbocycles. The van der Waals surface area contributed by atoms with Gasteiger partial charge in [-0.2, -0.15) is 5.10 Å². The lowest BCUT2D eigenvalue weighted by Gasteiger charge is -2.10. The third kappa shape index (κ3) is 3.40. The van der Waals surface area contributed by atoms with Gasteiger partial charge in [0.25, 0.3) is 5.91 Å². The molecule has 0 radical (unpaired) electrons. The molecule has 0 bridgehead atoms. The summed E-state index contributed by atoms with van der Waals surface area (Å²) in [6.07, 6.45) is 5.26. The van der Waals surface area contributed by atoms with Crippen molar-refractivity contribution in [3.63, 3.8) is 0 Å². The van der Waals surface area contributed by atoms with E-state index in [0.717, 1.165) is 25.0 Å². The summed E-state index contributed by atoms with van der Waals surface area (Å²) in [7, 11) is 1.50. The molecule has 1 aromatic heterocycles. The number of carbonyl (C=O) groups is 1. The van der Waals surface area contributed by atoms with Gasteiger partial charge in [-0.15, -0.1) is 0 Å². The summed E-state index contributed by atoms with van der Waals surface area (Å²) >= 11 is 0. The van der Waals surface area contributed by atoms with Gasteiger partial charge in [0.2, 0.25) is 0 Å². The number of nitrogens with one attached hydrogen (secondary N) is 2. The summed E-state index contributed by atoms with van der Waals surface area (Å²) in [6.45, 7) is 0. The van der Waals surface area contributed by atoms with Crippen LogP contribution in [0.2, 0.25) is 0 Å². The van der Waals surface area contributed by atoms with Crippen LogP contribution in [0.15, 0.2) is 30.3 Å². The Balaban J connectivity index is 1.73. The molecular formula is C20H17F2N3O2. The monoisotopic (exact) mass is 369 g/mol. The highest BCUT2D eigenvalue weighted by molar-refractivity contribution is 6.05. The van der Waals surface area contributed by atoms with Crippen LogP contribution >= 0.6 is 0 Å². The average molecular weight is 369 g/mol. The van der Waals surface area contributed by atoms with E-state index < -0.39 is 11.6 Å². The van der Waals surface area contributed by atoms with Crippen molar-refractivity contribution in [3.8, 4) is 5.75 Å². The summed E-state index contributed by atoms with van der Waals surface area (Å²) in [5.74, 6) is -1.58. The van der Waals surface area contributed by atoms with E-state index in [0.29, 0.717) is 33.5 Å². The van der Waals surface area contributed by atoms with Crippen molar-refractivity contribution in [2.75, 3.05) is 7.11 Å². The molecule has 3 aromatic rings. The lowest BCUT2D eigenvalue weighted by atomic mass is 10.1. The highest BCUT2D eigenvalue weighted by atomic mass is 19.2. The third-order valence-electron chi connectivity index (χ3n) is 4.45. The van der Waals surface area contributed by atoms with Crippen LogP contribution in [0.3, 0.4) is 0 Å². The van der Waals surface area contributed by atoms with Crippen molar-refractivity contribution in [3.05, 3.63) is 58.8 Å². The van der Waals surface area contributed by atoms with Crippen LogP contribution < -0.4 is 10.1 Å². The maximum atomic E-state index is 13.4. The summed E-state index contributed by atoms with van der Waals surface area (Å²) in [6, 6.07) is 7.33. The minimum Gasteiger partial charge on any atom is -0.495 e. The Bertz CT molecular complexity index is 1050. The molecule has 0 atom stereocenters. The number of nitrogens with zero attached hydrogens (tertiary/aromatic N) is 1. The SMILES string of the molecule is COc1c(C(=O)NC2CC2)ccc2[nH]nc(/C=C/c3ccc(F)c(F)c3)c12. The van der Waals surface area contributed by atoms with Gasteiger partial charge in [0.1, 0.15) is 5.75 Å². The molecule has 0 unspecified atom stereocenters. The lowest BCUT2D eigenvalue weighted by molar-refractivity contribution is 0.0948. The molecule has 1 amide bonds. The average Bonchev–Trinajstić information content (AvgIpc) is 3.38. The number of H-pyrrole nitrogens is 1. The second kappa shape index (κ2) is 6.83. The Labute approximate surface area is 154 Å². The maximum Gasteiger partial charge on any atom is 0.255 e. The molecule has 4 rings (SSSR count). The zero-order chi connectivity index (χ0) is 19.0. The predicted molar refractivity (Wildman–Crippen MR) is 98.4 cm³/mol. The van der Waals surface area contributed by atoms with Crippen molar-refractivity contribution in [2.45, 2.75) is 18.9 Å². The fourth-order valence-corrected chi connectivity index (χ4v) is 2.90. The van der Waals surface area contributed by atoms with Gasteiger partial charge in [0.15, 0.2) is 11.6 Å². The van der Waals surface area contributed by atoms with E-state index in [2.05, 4.69) is 15.5 Å². The summed E-state index contributed by atoms with van der Waals surface area (Å²) in [5, 5.41) is 10.7. The van der Waals surface area contributed by atoms with E-state index >= 15 is 0 Å². The Morgan fingerprint density at radius 1 is 1.22 bits per heavy atom. The molecule has 27 heavy (non-hydrogen) atoms. The van der Waals surface area contributed by atoms with Crippen LogP contribution in [0.1, 0.15) is 34.5 Å². The van der Waals surface area contributed by atoms with E-state index in [1.807, 2.05) is 0 Å². The van der Waals surface area contributed by atoms with Gasteiger partial charge >= 0.3 is 0 Å². The Morgan fingerprint density at radius 3 is 2.74 bits per heavy atom.